The molecule has 0 bridgehead atoms. The Bertz CT molecular complexity index is 858. The Morgan fingerprint density at radius 2 is 2.00 bits per heavy atom. The van der Waals surface area contributed by atoms with Crippen LogP contribution in [-0.2, 0) is 23.1 Å². The summed E-state index contributed by atoms with van der Waals surface area (Å²) in [7, 11) is 1.88. The smallest absolute Gasteiger partial charge is 0.327 e. The van der Waals surface area contributed by atoms with Gasteiger partial charge < -0.3 is 9.67 Å². The minimum absolute atomic E-state index is 0.208. The molecule has 5 nitrogen and oxygen atoms in total. The molecular weight excluding hydrogens is 356 g/mol. The molecule has 1 atom stereocenters. The number of thiocarbonyl (C=S) groups is 1. The minimum Gasteiger partial charge on any atom is -0.480 e. The van der Waals surface area contributed by atoms with Crippen LogP contribution in [0.2, 0.25) is 0 Å². The molecule has 0 aliphatic carbocycles. The second-order valence-electron chi connectivity index (χ2n) is 5.64. The third-order valence-electron chi connectivity index (χ3n) is 3.96. The van der Waals surface area contributed by atoms with E-state index in [1.165, 1.54) is 4.90 Å². The van der Waals surface area contributed by atoms with Gasteiger partial charge in [-0.2, -0.15) is 0 Å². The van der Waals surface area contributed by atoms with Crippen molar-refractivity contribution >= 4 is 46.3 Å². The van der Waals surface area contributed by atoms with Crippen LogP contribution in [0.3, 0.4) is 0 Å². The molecule has 1 fully saturated rings. The molecule has 25 heavy (non-hydrogen) atoms. The first-order valence-corrected chi connectivity index (χ1v) is 8.85. The van der Waals surface area contributed by atoms with E-state index in [4.69, 9.17) is 12.2 Å². The molecule has 1 saturated heterocycles. The largest absolute Gasteiger partial charge is 0.480 e. The molecule has 1 aliphatic rings. The van der Waals surface area contributed by atoms with Crippen LogP contribution in [0.4, 0.5) is 0 Å². The van der Waals surface area contributed by atoms with E-state index in [-0.39, 0.29) is 16.6 Å². The summed E-state index contributed by atoms with van der Waals surface area (Å²) in [6.45, 7) is 0. The van der Waals surface area contributed by atoms with Crippen LogP contribution in [-0.4, -0.2) is 36.8 Å². The van der Waals surface area contributed by atoms with E-state index in [1.54, 1.807) is 6.08 Å². The fraction of sp³-hybridized carbons (Fsp3) is 0.167. The van der Waals surface area contributed by atoms with E-state index in [2.05, 4.69) is 0 Å². The van der Waals surface area contributed by atoms with Crippen LogP contribution < -0.4 is 0 Å². The van der Waals surface area contributed by atoms with Crippen LogP contribution in [0.5, 0.6) is 0 Å². The second kappa shape index (κ2) is 7.25. The van der Waals surface area contributed by atoms with Crippen molar-refractivity contribution in [2.45, 2.75) is 12.5 Å². The summed E-state index contributed by atoms with van der Waals surface area (Å²) in [6, 6.07) is 12.0. The molecule has 2 heterocycles. The number of carboxylic acids is 1. The number of hydrogen-bond acceptors (Lipinski definition) is 4. The van der Waals surface area contributed by atoms with Gasteiger partial charge >= 0.3 is 5.97 Å². The maximum atomic E-state index is 12.8. The first-order valence-electron chi connectivity index (χ1n) is 7.62. The number of benzene rings is 1. The first-order chi connectivity index (χ1) is 12.0. The predicted octanol–water partition coefficient (Wildman–Crippen LogP) is 2.92. The fourth-order valence-electron chi connectivity index (χ4n) is 2.63. The lowest BCUT2D eigenvalue weighted by atomic mass is 10.0. The Kier molecular flexibility index (Phi) is 5.06. The van der Waals surface area contributed by atoms with E-state index in [1.807, 2.05) is 60.3 Å². The van der Waals surface area contributed by atoms with Crippen LogP contribution in [0.15, 0.2) is 53.6 Å². The lowest BCUT2D eigenvalue weighted by molar-refractivity contribution is -0.145. The molecule has 1 aromatic carbocycles. The first kappa shape index (κ1) is 17.4. The number of aliphatic carboxylic acids is 1. The molecule has 1 aromatic heterocycles. The quantitative estimate of drug-likeness (QED) is 0.646. The summed E-state index contributed by atoms with van der Waals surface area (Å²) in [6.07, 6.45) is 3.82. The minimum atomic E-state index is -1.07. The summed E-state index contributed by atoms with van der Waals surface area (Å²) in [4.78, 5) is 26.2. The number of carbonyl (C=O) groups excluding carboxylic acids is 1. The molecule has 0 saturated carbocycles. The summed E-state index contributed by atoms with van der Waals surface area (Å²) in [5, 5.41) is 9.63. The SMILES string of the molecule is Cn1cccc1/C=C1\SC(=S)N([C@H](Cc2ccccc2)C(=O)O)C1=O. The normalized spacial score (nSPS) is 17.3. The lowest BCUT2D eigenvalue weighted by Gasteiger charge is -2.23. The molecule has 2 aromatic rings. The van der Waals surface area contributed by atoms with Crippen molar-refractivity contribution < 1.29 is 14.7 Å². The van der Waals surface area contributed by atoms with Gasteiger partial charge in [0.15, 0.2) is 0 Å². The zero-order valence-electron chi connectivity index (χ0n) is 13.5. The number of hydrogen-bond donors (Lipinski definition) is 1. The lowest BCUT2D eigenvalue weighted by Crippen LogP contribution is -2.45. The number of carboxylic acid groups (broad SMARTS) is 1. The van der Waals surface area contributed by atoms with Gasteiger partial charge in [-0.05, 0) is 23.8 Å². The molecule has 1 amide bonds. The van der Waals surface area contributed by atoms with Crippen LogP contribution in [0.25, 0.3) is 6.08 Å². The van der Waals surface area contributed by atoms with Gasteiger partial charge in [-0.3, -0.25) is 9.69 Å². The zero-order chi connectivity index (χ0) is 18.0. The highest BCUT2D eigenvalue weighted by Crippen LogP contribution is 2.34. The fourth-order valence-corrected chi connectivity index (χ4v) is 3.97. The topological polar surface area (TPSA) is 62.5 Å². The average Bonchev–Trinajstić information content (AvgIpc) is 3.10. The Morgan fingerprint density at radius 1 is 1.28 bits per heavy atom. The van der Waals surface area contributed by atoms with Gasteiger partial charge in [0, 0.05) is 25.4 Å². The monoisotopic (exact) mass is 372 g/mol. The van der Waals surface area contributed by atoms with Crippen molar-refractivity contribution in [3.8, 4) is 0 Å². The molecule has 1 aliphatic heterocycles. The van der Waals surface area contributed by atoms with Gasteiger partial charge in [-0.15, -0.1) is 0 Å². The van der Waals surface area contributed by atoms with Gasteiger partial charge in [0.05, 0.1) is 4.91 Å². The van der Waals surface area contributed by atoms with Crippen molar-refractivity contribution in [3.63, 3.8) is 0 Å². The predicted molar refractivity (Wildman–Crippen MR) is 102 cm³/mol. The van der Waals surface area contributed by atoms with Crippen molar-refractivity contribution in [3.05, 3.63) is 64.8 Å². The van der Waals surface area contributed by atoms with Crippen molar-refractivity contribution in [1.82, 2.24) is 9.47 Å². The van der Waals surface area contributed by atoms with Gasteiger partial charge in [0.1, 0.15) is 10.4 Å². The van der Waals surface area contributed by atoms with Gasteiger partial charge in [-0.1, -0.05) is 54.3 Å². The Morgan fingerprint density at radius 3 is 2.60 bits per heavy atom. The average molecular weight is 372 g/mol. The highest BCUT2D eigenvalue weighted by atomic mass is 32.2. The number of carbonyl (C=O) groups is 2. The van der Waals surface area contributed by atoms with Crippen LogP contribution in [0, 0.1) is 0 Å². The third-order valence-corrected chi connectivity index (χ3v) is 5.29. The number of nitrogens with zero attached hydrogens (tertiary/aromatic N) is 2. The van der Waals surface area contributed by atoms with E-state index < -0.39 is 12.0 Å². The highest BCUT2D eigenvalue weighted by molar-refractivity contribution is 8.26. The third kappa shape index (κ3) is 3.67. The summed E-state index contributed by atoms with van der Waals surface area (Å²) in [5.74, 6) is -1.43. The second-order valence-corrected chi connectivity index (χ2v) is 7.32. The van der Waals surface area contributed by atoms with E-state index in [0.29, 0.717) is 4.91 Å². The molecule has 3 rings (SSSR count). The maximum Gasteiger partial charge on any atom is 0.327 e. The number of rotatable bonds is 5. The Balaban J connectivity index is 1.88. The zero-order valence-corrected chi connectivity index (χ0v) is 15.1. The van der Waals surface area contributed by atoms with E-state index >= 15 is 0 Å². The maximum absolute atomic E-state index is 12.8. The molecule has 1 N–H and O–H groups in total. The van der Waals surface area contributed by atoms with E-state index in [9.17, 15) is 14.7 Å². The molecule has 0 radical (unpaired) electrons. The van der Waals surface area contributed by atoms with Gasteiger partial charge in [-0.25, -0.2) is 4.79 Å². The summed E-state index contributed by atoms with van der Waals surface area (Å²) in [5.41, 5.74) is 1.70. The number of thioether (sulfide) groups is 1. The molecule has 0 unspecified atom stereocenters. The molecule has 0 spiro atoms. The van der Waals surface area contributed by atoms with Crippen molar-refractivity contribution in [2.24, 2.45) is 7.05 Å². The summed E-state index contributed by atoms with van der Waals surface area (Å²) >= 11 is 6.43. The summed E-state index contributed by atoms with van der Waals surface area (Å²) < 4.78 is 2.15. The van der Waals surface area contributed by atoms with Crippen molar-refractivity contribution in [1.29, 1.82) is 0 Å². The van der Waals surface area contributed by atoms with Crippen LogP contribution >= 0.6 is 24.0 Å². The van der Waals surface area contributed by atoms with Gasteiger partial charge in [0.25, 0.3) is 5.91 Å². The van der Waals surface area contributed by atoms with Crippen molar-refractivity contribution in [2.75, 3.05) is 0 Å². The highest BCUT2D eigenvalue weighted by Gasteiger charge is 2.40. The van der Waals surface area contributed by atoms with Gasteiger partial charge in [0.2, 0.25) is 0 Å². The Labute approximate surface area is 154 Å². The number of amides is 1. The Hall–Kier alpha value is -2.38. The number of aryl methyl sites for hydroxylation is 1. The standard InChI is InChI=1S/C18H16N2O3S2/c1-19-9-5-8-13(19)11-15-16(21)20(18(24)25-15)14(17(22)23)10-12-6-3-2-4-7-12/h2-9,11,14H,10H2,1H3,(H,22,23)/b15-11-/t14-/m1/s1. The molecule has 128 valence electrons. The molecular formula is C18H16N2O3S2. The van der Waals surface area contributed by atoms with E-state index in [0.717, 1.165) is 23.0 Å². The van der Waals surface area contributed by atoms with Crippen LogP contribution in [0.1, 0.15) is 11.3 Å². The number of aromatic nitrogens is 1. The molecule has 7 heteroatoms.